The molecule has 3 aromatic carbocycles. The topological polar surface area (TPSA) is 83.9 Å². The lowest BCUT2D eigenvalue weighted by Crippen LogP contribution is -2.35. The first kappa shape index (κ1) is 22.8. The molecular formula is C23H22ClNO5S. The maximum atomic E-state index is 12.3. The van der Waals surface area contributed by atoms with Crippen molar-refractivity contribution in [1.29, 1.82) is 0 Å². The summed E-state index contributed by atoms with van der Waals surface area (Å²) in [6, 6.07) is 23.3. The van der Waals surface area contributed by atoms with Crippen LogP contribution in [0.5, 0.6) is 5.75 Å². The molecule has 1 amide bonds. The Hall–Kier alpha value is -2.87. The van der Waals surface area contributed by atoms with Crippen LogP contribution in [0.15, 0.2) is 89.8 Å². The van der Waals surface area contributed by atoms with E-state index in [1.807, 2.05) is 30.3 Å². The first-order valence-electron chi connectivity index (χ1n) is 9.54. The van der Waals surface area contributed by atoms with E-state index in [1.54, 1.807) is 30.3 Å². The number of aliphatic hydroxyl groups excluding tert-OH is 1. The molecule has 0 saturated carbocycles. The third-order valence-corrected chi connectivity index (χ3v) is 6.07. The molecule has 6 nitrogen and oxygen atoms in total. The van der Waals surface area contributed by atoms with Crippen molar-refractivity contribution < 1.29 is 22.5 Å². The zero-order chi connectivity index (χ0) is 22.3. The lowest BCUT2D eigenvalue weighted by Gasteiger charge is -2.25. The van der Waals surface area contributed by atoms with Crippen molar-refractivity contribution in [1.82, 2.24) is 4.90 Å². The van der Waals surface area contributed by atoms with E-state index in [2.05, 4.69) is 0 Å². The monoisotopic (exact) mass is 459 g/mol. The Labute approximate surface area is 186 Å². The Morgan fingerprint density at radius 1 is 0.935 bits per heavy atom. The SMILES string of the molecule is O=C(CCl)N(Cc1ccccc1)CC(O)c1ccc(OS(=O)(=O)c2ccccc2)cc1. The summed E-state index contributed by atoms with van der Waals surface area (Å²) in [6.07, 6.45) is -0.976. The van der Waals surface area contributed by atoms with Crippen LogP contribution >= 0.6 is 11.6 Å². The van der Waals surface area contributed by atoms with E-state index in [0.717, 1.165) is 5.56 Å². The second kappa shape index (κ2) is 10.4. The molecule has 1 unspecified atom stereocenters. The van der Waals surface area contributed by atoms with E-state index in [4.69, 9.17) is 15.8 Å². The molecule has 0 heterocycles. The molecule has 31 heavy (non-hydrogen) atoms. The Morgan fingerprint density at radius 3 is 2.10 bits per heavy atom. The van der Waals surface area contributed by atoms with Crippen LogP contribution in [0.2, 0.25) is 0 Å². The van der Waals surface area contributed by atoms with E-state index < -0.39 is 16.2 Å². The zero-order valence-corrected chi connectivity index (χ0v) is 18.2. The van der Waals surface area contributed by atoms with Crippen LogP contribution in [0.3, 0.4) is 0 Å². The number of carbonyl (C=O) groups is 1. The van der Waals surface area contributed by atoms with Crippen LogP contribution in [0.25, 0.3) is 0 Å². The lowest BCUT2D eigenvalue weighted by molar-refractivity contribution is -0.130. The van der Waals surface area contributed by atoms with Crippen LogP contribution in [0.4, 0.5) is 0 Å². The van der Waals surface area contributed by atoms with Crippen molar-refractivity contribution in [3.63, 3.8) is 0 Å². The summed E-state index contributed by atoms with van der Waals surface area (Å²) >= 11 is 5.73. The molecule has 0 bridgehead atoms. The van der Waals surface area contributed by atoms with Gasteiger partial charge >= 0.3 is 10.1 Å². The van der Waals surface area contributed by atoms with Crippen LogP contribution in [-0.2, 0) is 21.5 Å². The Balaban J connectivity index is 1.68. The Kier molecular flexibility index (Phi) is 7.68. The molecular weight excluding hydrogens is 438 g/mol. The Bertz CT molecular complexity index is 1090. The average Bonchev–Trinajstić information content (AvgIpc) is 2.79. The standard InChI is InChI=1S/C23H22ClNO5S/c24-15-23(27)25(16-18-7-3-1-4-8-18)17-22(26)19-11-13-20(14-12-19)30-31(28,29)21-9-5-2-6-10-21/h1-14,22,26H,15-17H2. The number of hydrogen-bond donors (Lipinski definition) is 1. The minimum absolute atomic E-state index is 0.0446. The van der Waals surface area contributed by atoms with Gasteiger partial charge in [0.2, 0.25) is 5.91 Å². The van der Waals surface area contributed by atoms with E-state index in [9.17, 15) is 18.3 Å². The summed E-state index contributed by atoms with van der Waals surface area (Å²) in [7, 11) is -3.94. The number of amides is 1. The first-order chi connectivity index (χ1) is 14.9. The van der Waals surface area contributed by atoms with Gasteiger partial charge in [-0.15, -0.1) is 11.6 Å². The third kappa shape index (κ3) is 6.30. The summed E-state index contributed by atoms with van der Waals surface area (Å²) in [4.78, 5) is 13.8. The lowest BCUT2D eigenvalue weighted by atomic mass is 10.1. The number of alkyl halides is 1. The molecule has 0 aliphatic heterocycles. The van der Waals surface area contributed by atoms with Gasteiger partial charge in [-0.2, -0.15) is 8.42 Å². The highest BCUT2D eigenvalue weighted by Gasteiger charge is 2.20. The van der Waals surface area contributed by atoms with Crippen LogP contribution in [0, 0.1) is 0 Å². The number of nitrogens with zero attached hydrogens (tertiary/aromatic N) is 1. The van der Waals surface area contributed by atoms with Crippen molar-refractivity contribution in [3.05, 3.63) is 96.1 Å². The van der Waals surface area contributed by atoms with Gasteiger partial charge in [-0.1, -0.05) is 60.7 Å². The number of aliphatic hydroxyl groups is 1. The fourth-order valence-corrected chi connectivity index (χ4v) is 4.08. The minimum atomic E-state index is -3.94. The third-order valence-electron chi connectivity index (χ3n) is 4.58. The number of carbonyl (C=O) groups excluding carboxylic acids is 1. The largest absolute Gasteiger partial charge is 0.387 e. The van der Waals surface area contributed by atoms with Crippen molar-refractivity contribution in [3.8, 4) is 5.75 Å². The highest BCUT2D eigenvalue weighted by molar-refractivity contribution is 7.87. The van der Waals surface area contributed by atoms with Crippen molar-refractivity contribution >= 4 is 27.6 Å². The molecule has 0 saturated heterocycles. The normalized spacial score (nSPS) is 12.2. The molecule has 8 heteroatoms. The molecule has 0 radical (unpaired) electrons. The molecule has 1 N–H and O–H groups in total. The molecule has 0 aliphatic carbocycles. The predicted molar refractivity (Wildman–Crippen MR) is 118 cm³/mol. The summed E-state index contributed by atoms with van der Waals surface area (Å²) in [5.74, 6) is -0.361. The summed E-state index contributed by atoms with van der Waals surface area (Å²) in [6.45, 7) is 0.364. The summed E-state index contributed by atoms with van der Waals surface area (Å²) < 4.78 is 29.8. The van der Waals surface area contributed by atoms with Crippen LogP contribution in [0.1, 0.15) is 17.2 Å². The Morgan fingerprint density at radius 2 is 1.52 bits per heavy atom. The van der Waals surface area contributed by atoms with Gasteiger partial charge in [0, 0.05) is 6.54 Å². The quantitative estimate of drug-likeness (QED) is 0.389. The molecule has 3 rings (SSSR count). The number of rotatable bonds is 9. The molecule has 0 fully saturated rings. The van der Waals surface area contributed by atoms with E-state index in [0.29, 0.717) is 12.1 Å². The van der Waals surface area contributed by atoms with E-state index in [1.165, 1.54) is 29.2 Å². The summed E-state index contributed by atoms with van der Waals surface area (Å²) in [5.41, 5.74) is 1.44. The molecule has 0 aliphatic rings. The molecule has 162 valence electrons. The van der Waals surface area contributed by atoms with Gasteiger partial charge in [0.25, 0.3) is 0 Å². The predicted octanol–water partition coefficient (Wildman–Crippen LogP) is 3.76. The van der Waals surface area contributed by atoms with Crippen LogP contribution in [-0.4, -0.2) is 36.8 Å². The molecule has 1 atom stereocenters. The first-order valence-corrected chi connectivity index (χ1v) is 11.5. The fraction of sp³-hybridized carbons (Fsp3) is 0.174. The fourth-order valence-electron chi connectivity index (χ4n) is 2.96. The van der Waals surface area contributed by atoms with Crippen molar-refractivity contribution in [2.24, 2.45) is 0 Å². The van der Waals surface area contributed by atoms with E-state index in [-0.39, 0.29) is 29.0 Å². The van der Waals surface area contributed by atoms with Gasteiger partial charge in [0.15, 0.2) is 0 Å². The van der Waals surface area contributed by atoms with Gasteiger partial charge in [-0.05, 0) is 35.4 Å². The maximum absolute atomic E-state index is 12.3. The van der Waals surface area contributed by atoms with Gasteiger partial charge in [0.05, 0.1) is 12.6 Å². The summed E-state index contributed by atoms with van der Waals surface area (Å²) in [5, 5.41) is 10.6. The van der Waals surface area contributed by atoms with Gasteiger partial charge in [-0.3, -0.25) is 4.79 Å². The van der Waals surface area contributed by atoms with Crippen molar-refractivity contribution in [2.75, 3.05) is 12.4 Å². The second-order valence-electron chi connectivity index (χ2n) is 6.83. The smallest absolute Gasteiger partial charge is 0.339 e. The van der Waals surface area contributed by atoms with E-state index >= 15 is 0 Å². The second-order valence-corrected chi connectivity index (χ2v) is 8.64. The minimum Gasteiger partial charge on any atom is -0.387 e. The van der Waals surface area contributed by atoms with Crippen LogP contribution < -0.4 is 4.18 Å². The number of benzene rings is 3. The van der Waals surface area contributed by atoms with Gasteiger partial charge in [0.1, 0.15) is 16.5 Å². The van der Waals surface area contributed by atoms with Gasteiger partial charge < -0.3 is 14.2 Å². The average molecular weight is 460 g/mol. The zero-order valence-electron chi connectivity index (χ0n) is 16.6. The highest BCUT2D eigenvalue weighted by Crippen LogP contribution is 2.23. The molecule has 0 aromatic heterocycles. The highest BCUT2D eigenvalue weighted by atomic mass is 35.5. The number of halogens is 1. The molecule has 0 spiro atoms. The number of hydrogen-bond acceptors (Lipinski definition) is 5. The van der Waals surface area contributed by atoms with Crippen molar-refractivity contribution in [2.45, 2.75) is 17.5 Å². The molecule has 3 aromatic rings. The maximum Gasteiger partial charge on any atom is 0.339 e. The van der Waals surface area contributed by atoms with Gasteiger partial charge in [-0.25, -0.2) is 0 Å².